The van der Waals surface area contributed by atoms with E-state index in [4.69, 9.17) is 0 Å². The third-order valence-corrected chi connectivity index (χ3v) is 8.15. The maximum absolute atomic E-state index is 13.2. The first-order chi connectivity index (χ1) is 10.1. The van der Waals surface area contributed by atoms with Gasteiger partial charge in [-0.15, -0.1) is 0 Å². The second-order valence-corrected chi connectivity index (χ2v) is 9.67. The van der Waals surface area contributed by atoms with Crippen LogP contribution in [0.5, 0.6) is 0 Å². The summed E-state index contributed by atoms with van der Waals surface area (Å²) in [6.45, 7) is 5.30. The lowest BCUT2D eigenvalue weighted by atomic mass is 9.90. The lowest BCUT2D eigenvalue weighted by molar-refractivity contribution is 0.373. The average Bonchev–Trinajstić information content (AvgIpc) is 2.71. The van der Waals surface area contributed by atoms with Crippen molar-refractivity contribution in [1.29, 1.82) is 0 Å². The van der Waals surface area contributed by atoms with E-state index in [0.29, 0.717) is 5.92 Å². The van der Waals surface area contributed by atoms with E-state index >= 15 is 0 Å². The van der Waals surface area contributed by atoms with E-state index in [-0.39, 0.29) is 16.5 Å². The van der Waals surface area contributed by atoms with Gasteiger partial charge in [0.2, 0.25) is 0 Å². The Kier molecular flexibility index (Phi) is 6.54. The quantitative estimate of drug-likeness (QED) is 0.787. The zero-order valence-electron chi connectivity index (χ0n) is 13.8. The fraction of sp³-hybridized carbons (Fsp3) is 1.00. The molecule has 2 rings (SSSR count). The third kappa shape index (κ3) is 4.44. The van der Waals surface area contributed by atoms with Gasteiger partial charge in [0.25, 0.3) is 0 Å². The molecule has 4 heteroatoms. The molecular weight excluding hydrogens is 282 g/mol. The summed E-state index contributed by atoms with van der Waals surface area (Å²) in [5.74, 6) is 0.575. The Labute approximate surface area is 131 Å². The van der Waals surface area contributed by atoms with Crippen LogP contribution in [0.1, 0.15) is 78.1 Å². The first-order valence-electron chi connectivity index (χ1n) is 9.01. The number of hydrogen-bond acceptors (Lipinski definition) is 3. The minimum absolute atomic E-state index is 0.0738. The van der Waals surface area contributed by atoms with Crippen LogP contribution in [0.2, 0.25) is 0 Å². The molecule has 0 radical (unpaired) electrons. The Morgan fingerprint density at radius 2 is 1.76 bits per heavy atom. The van der Waals surface area contributed by atoms with Crippen molar-refractivity contribution in [2.45, 2.75) is 94.6 Å². The maximum atomic E-state index is 13.2. The second kappa shape index (κ2) is 7.96. The molecule has 0 aromatic heterocycles. The van der Waals surface area contributed by atoms with Gasteiger partial charge in [-0.3, -0.25) is 0 Å². The molecule has 0 bridgehead atoms. The van der Waals surface area contributed by atoms with Crippen molar-refractivity contribution >= 4 is 9.84 Å². The number of hydrogen-bond donors (Lipinski definition) is 1. The second-order valence-electron chi connectivity index (χ2n) is 7.22. The highest BCUT2D eigenvalue weighted by atomic mass is 32.2. The molecule has 21 heavy (non-hydrogen) atoms. The number of sulfone groups is 1. The molecule has 0 saturated heterocycles. The molecule has 0 heterocycles. The Bertz CT molecular complexity index is 407. The smallest absolute Gasteiger partial charge is 0.157 e. The highest BCUT2D eigenvalue weighted by Crippen LogP contribution is 2.34. The van der Waals surface area contributed by atoms with Gasteiger partial charge in [0.1, 0.15) is 0 Å². The first kappa shape index (κ1) is 17.3. The van der Waals surface area contributed by atoms with Crippen LogP contribution in [-0.4, -0.2) is 31.5 Å². The summed E-state index contributed by atoms with van der Waals surface area (Å²) in [6.07, 6.45) is 10.5. The summed E-state index contributed by atoms with van der Waals surface area (Å²) in [4.78, 5) is 0. The SMILES string of the molecule is CCCNC1CCCCCC1S(=O)(=O)C1CCCC(C)C1. The molecular formula is C17H33NO2S. The summed E-state index contributed by atoms with van der Waals surface area (Å²) >= 11 is 0. The molecule has 0 amide bonds. The van der Waals surface area contributed by atoms with Gasteiger partial charge in [0.15, 0.2) is 9.84 Å². The van der Waals surface area contributed by atoms with Crippen LogP contribution < -0.4 is 5.32 Å². The molecule has 3 nitrogen and oxygen atoms in total. The summed E-state index contributed by atoms with van der Waals surface area (Å²) in [7, 11) is -2.98. The summed E-state index contributed by atoms with van der Waals surface area (Å²) in [5, 5.41) is 3.33. The van der Waals surface area contributed by atoms with Crippen LogP contribution in [0.25, 0.3) is 0 Å². The van der Waals surface area contributed by atoms with E-state index in [1.54, 1.807) is 0 Å². The van der Waals surface area contributed by atoms with Gasteiger partial charge in [-0.25, -0.2) is 8.42 Å². The van der Waals surface area contributed by atoms with Crippen LogP contribution in [0, 0.1) is 5.92 Å². The van der Waals surface area contributed by atoms with Gasteiger partial charge in [0.05, 0.1) is 10.5 Å². The van der Waals surface area contributed by atoms with E-state index in [2.05, 4.69) is 19.2 Å². The zero-order chi connectivity index (χ0) is 15.3. The van der Waals surface area contributed by atoms with Crippen LogP contribution in [0.4, 0.5) is 0 Å². The standard InChI is InChI=1S/C17H33NO2S/c1-3-12-18-16-10-5-4-6-11-17(16)21(19,20)15-9-7-8-14(2)13-15/h14-18H,3-13H2,1-2H3. The molecule has 2 saturated carbocycles. The predicted molar refractivity (Wildman–Crippen MR) is 89.3 cm³/mol. The normalized spacial score (nSPS) is 35.3. The van der Waals surface area contributed by atoms with Crippen LogP contribution >= 0.6 is 0 Å². The van der Waals surface area contributed by atoms with Gasteiger partial charge < -0.3 is 5.32 Å². The van der Waals surface area contributed by atoms with Crippen molar-refractivity contribution in [1.82, 2.24) is 5.32 Å². The lowest BCUT2D eigenvalue weighted by Gasteiger charge is -2.33. The average molecular weight is 316 g/mol. The van der Waals surface area contributed by atoms with Gasteiger partial charge in [-0.2, -0.15) is 0 Å². The minimum Gasteiger partial charge on any atom is -0.313 e. The highest BCUT2D eigenvalue weighted by molar-refractivity contribution is 7.92. The Morgan fingerprint density at radius 1 is 1.00 bits per heavy atom. The van der Waals surface area contributed by atoms with E-state index in [1.165, 1.54) is 19.3 Å². The number of rotatable bonds is 5. The van der Waals surface area contributed by atoms with Crippen LogP contribution in [0.3, 0.4) is 0 Å². The highest BCUT2D eigenvalue weighted by Gasteiger charge is 2.40. The molecule has 124 valence electrons. The van der Waals surface area contributed by atoms with E-state index in [9.17, 15) is 8.42 Å². The van der Waals surface area contributed by atoms with Crippen molar-refractivity contribution in [2.75, 3.05) is 6.54 Å². The first-order valence-corrected chi connectivity index (χ1v) is 10.6. The van der Waals surface area contributed by atoms with Gasteiger partial charge >= 0.3 is 0 Å². The van der Waals surface area contributed by atoms with Crippen LogP contribution in [0.15, 0.2) is 0 Å². The van der Waals surface area contributed by atoms with Crippen molar-refractivity contribution in [3.8, 4) is 0 Å². The molecule has 2 aliphatic rings. The lowest BCUT2D eigenvalue weighted by Crippen LogP contribution is -2.47. The summed E-state index contributed by atoms with van der Waals surface area (Å²) in [5.41, 5.74) is 0. The molecule has 2 aliphatic carbocycles. The summed E-state index contributed by atoms with van der Waals surface area (Å²) < 4.78 is 26.3. The monoisotopic (exact) mass is 315 g/mol. The van der Waals surface area contributed by atoms with E-state index in [0.717, 1.165) is 51.5 Å². The molecule has 0 aromatic rings. The van der Waals surface area contributed by atoms with Crippen LogP contribution in [-0.2, 0) is 9.84 Å². The summed E-state index contributed by atoms with van der Waals surface area (Å²) in [6, 6.07) is 0.190. The van der Waals surface area contributed by atoms with Crippen molar-refractivity contribution in [2.24, 2.45) is 5.92 Å². The minimum atomic E-state index is -2.98. The maximum Gasteiger partial charge on any atom is 0.157 e. The molecule has 0 aromatic carbocycles. The fourth-order valence-corrected chi connectivity index (χ4v) is 6.93. The third-order valence-electron chi connectivity index (χ3n) is 5.38. The molecule has 2 fully saturated rings. The fourth-order valence-electron chi connectivity index (χ4n) is 4.15. The van der Waals surface area contributed by atoms with Gasteiger partial charge in [-0.05, 0) is 44.6 Å². The van der Waals surface area contributed by atoms with Crippen molar-refractivity contribution in [3.63, 3.8) is 0 Å². The number of nitrogens with one attached hydrogen (secondary N) is 1. The van der Waals surface area contributed by atoms with Crippen molar-refractivity contribution in [3.05, 3.63) is 0 Å². The molecule has 4 atom stereocenters. The van der Waals surface area contributed by atoms with Gasteiger partial charge in [-0.1, -0.05) is 46.0 Å². The van der Waals surface area contributed by atoms with E-state index in [1.807, 2.05) is 0 Å². The zero-order valence-corrected chi connectivity index (χ0v) is 14.6. The van der Waals surface area contributed by atoms with Gasteiger partial charge in [0, 0.05) is 6.04 Å². The Balaban J connectivity index is 2.12. The molecule has 0 aliphatic heterocycles. The predicted octanol–water partition coefficient (Wildman–Crippen LogP) is 3.68. The van der Waals surface area contributed by atoms with Crippen molar-refractivity contribution < 1.29 is 8.42 Å². The molecule has 1 N–H and O–H groups in total. The van der Waals surface area contributed by atoms with E-state index < -0.39 is 9.84 Å². The molecule has 0 spiro atoms. The largest absolute Gasteiger partial charge is 0.313 e. The Hall–Kier alpha value is -0.0900. The molecule has 4 unspecified atom stereocenters. The topological polar surface area (TPSA) is 46.2 Å². The Morgan fingerprint density at radius 3 is 2.48 bits per heavy atom.